The third-order valence-electron chi connectivity index (χ3n) is 1.57. The summed E-state index contributed by atoms with van der Waals surface area (Å²) >= 11 is 3.33. The molecule has 0 saturated heterocycles. The molecule has 1 aromatic heterocycles. The number of aromatic nitrogens is 1. The molecule has 5 heteroatoms. The lowest BCUT2D eigenvalue weighted by Crippen LogP contribution is -2.06. The minimum absolute atomic E-state index is 0.176. The Bertz CT molecular complexity index is 260. The lowest BCUT2D eigenvalue weighted by molar-refractivity contribution is 0.292. The Hall–Kier alpha value is -0.810. The van der Waals surface area contributed by atoms with Crippen molar-refractivity contribution >= 4 is 27.3 Å². The second kappa shape index (κ2) is 5.04. The number of hydrogen-bond donors (Lipinski definition) is 3. The van der Waals surface area contributed by atoms with Gasteiger partial charge in [0, 0.05) is 19.3 Å². The maximum absolute atomic E-state index is 8.59. The minimum atomic E-state index is 0.176. The van der Waals surface area contributed by atoms with Crippen LogP contribution in [0.1, 0.15) is 6.42 Å². The highest BCUT2D eigenvalue weighted by atomic mass is 79.9. The molecule has 1 heterocycles. The van der Waals surface area contributed by atoms with Crippen LogP contribution in [0.3, 0.4) is 0 Å². The fourth-order valence-electron chi connectivity index (χ4n) is 0.929. The van der Waals surface area contributed by atoms with Gasteiger partial charge in [-0.2, -0.15) is 0 Å². The molecule has 0 radical (unpaired) electrons. The molecule has 4 nitrogen and oxygen atoms in total. The van der Waals surface area contributed by atoms with Crippen molar-refractivity contribution in [2.45, 2.75) is 6.42 Å². The molecule has 0 spiro atoms. The first-order valence-electron chi connectivity index (χ1n) is 3.99. The number of nitrogens with one attached hydrogen (secondary N) is 1. The summed E-state index contributed by atoms with van der Waals surface area (Å²) in [6, 6.07) is 0. The van der Waals surface area contributed by atoms with Gasteiger partial charge in [0.1, 0.15) is 0 Å². The van der Waals surface area contributed by atoms with E-state index >= 15 is 0 Å². The van der Waals surface area contributed by atoms with Crippen LogP contribution in [0.5, 0.6) is 0 Å². The number of aliphatic hydroxyl groups excluding tert-OH is 1. The minimum Gasteiger partial charge on any atom is -0.396 e. The Kier molecular flexibility index (Phi) is 3.98. The highest BCUT2D eigenvalue weighted by molar-refractivity contribution is 9.10. The second-order valence-corrected chi connectivity index (χ2v) is 3.44. The van der Waals surface area contributed by atoms with Crippen molar-refractivity contribution in [2.75, 3.05) is 24.2 Å². The van der Waals surface area contributed by atoms with Gasteiger partial charge in [0.2, 0.25) is 0 Å². The van der Waals surface area contributed by atoms with Crippen LogP contribution in [-0.2, 0) is 0 Å². The topological polar surface area (TPSA) is 71.2 Å². The first kappa shape index (κ1) is 10.3. The number of aliphatic hydroxyl groups is 1. The molecule has 0 fully saturated rings. The van der Waals surface area contributed by atoms with E-state index in [0.29, 0.717) is 18.7 Å². The predicted molar refractivity (Wildman–Crippen MR) is 56.5 cm³/mol. The van der Waals surface area contributed by atoms with Crippen molar-refractivity contribution < 1.29 is 5.11 Å². The fourth-order valence-corrected chi connectivity index (χ4v) is 1.42. The molecule has 0 amide bonds. The SMILES string of the molecule is Nc1cncc(Br)c1NCCCO. The summed E-state index contributed by atoms with van der Waals surface area (Å²) < 4.78 is 0.838. The zero-order valence-electron chi connectivity index (χ0n) is 7.13. The Balaban J connectivity index is 2.64. The number of nitrogens with zero attached hydrogens (tertiary/aromatic N) is 1. The van der Waals surface area contributed by atoms with Gasteiger partial charge in [0.05, 0.1) is 22.0 Å². The third kappa shape index (κ3) is 2.86. The van der Waals surface area contributed by atoms with Gasteiger partial charge in [-0.3, -0.25) is 4.98 Å². The van der Waals surface area contributed by atoms with Crippen LogP contribution in [0.4, 0.5) is 11.4 Å². The number of hydrogen-bond acceptors (Lipinski definition) is 4. The summed E-state index contributed by atoms with van der Waals surface area (Å²) in [6.07, 6.45) is 3.97. The Labute approximate surface area is 85.3 Å². The second-order valence-electron chi connectivity index (χ2n) is 2.59. The summed E-state index contributed by atoms with van der Waals surface area (Å²) in [5.74, 6) is 0. The van der Waals surface area contributed by atoms with Crippen LogP contribution in [0, 0.1) is 0 Å². The lowest BCUT2D eigenvalue weighted by atomic mass is 10.3. The largest absolute Gasteiger partial charge is 0.396 e. The third-order valence-corrected chi connectivity index (χ3v) is 2.17. The summed E-state index contributed by atoms with van der Waals surface area (Å²) in [7, 11) is 0. The molecule has 4 N–H and O–H groups in total. The van der Waals surface area contributed by atoms with Crippen LogP contribution < -0.4 is 11.1 Å². The van der Waals surface area contributed by atoms with E-state index in [-0.39, 0.29) is 6.61 Å². The number of pyridine rings is 1. The van der Waals surface area contributed by atoms with E-state index in [1.165, 1.54) is 0 Å². The van der Waals surface area contributed by atoms with E-state index in [0.717, 1.165) is 10.2 Å². The molecule has 0 unspecified atom stereocenters. The molecule has 13 heavy (non-hydrogen) atoms. The van der Waals surface area contributed by atoms with Gasteiger partial charge in [-0.15, -0.1) is 0 Å². The quantitative estimate of drug-likeness (QED) is 0.698. The smallest absolute Gasteiger partial charge is 0.0750 e. The maximum Gasteiger partial charge on any atom is 0.0750 e. The van der Waals surface area contributed by atoms with E-state index in [2.05, 4.69) is 26.2 Å². The molecule has 0 aliphatic carbocycles. The van der Waals surface area contributed by atoms with E-state index < -0.39 is 0 Å². The number of rotatable bonds is 4. The summed E-state index contributed by atoms with van der Waals surface area (Å²) in [5, 5.41) is 11.7. The number of anilines is 2. The zero-order valence-corrected chi connectivity index (χ0v) is 8.71. The highest BCUT2D eigenvalue weighted by Crippen LogP contribution is 2.26. The van der Waals surface area contributed by atoms with Crippen molar-refractivity contribution in [3.8, 4) is 0 Å². The number of nitrogens with two attached hydrogens (primary N) is 1. The standard InChI is InChI=1S/C8H12BrN3O/c9-6-4-11-5-7(10)8(6)12-2-1-3-13/h4-5,13H,1-3,10H2,(H,11,12). The van der Waals surface area contributed by atoms with Gasteiger partial charge in [-0.05, 0) is 22.4 Å². The van der Waals surface area contributed by atoms with Gasteiger partial charge in [0.15, 0.2) is 0 Å². The van der Waals surface area contributed by atoms with Crippen LogP contribution in [0.2, 0.25) is 0 Å². The van der Waals surface area contributed by atoms with Gasteiger partial charge >= 0.3 is 0 Å². The first-order valence-corrected chi connectivity index (χ1v) is 4.78. The van der Waals surface area contributed by atoms with Crippen molar-refractivity contribution in [3.63, 3.8) is 0 Å². The maximum atomic E-state index is 8.59. The molecule has 72 valence electrons. The van der Waals surface area contributed by atoms with Gasteiger partial charge in [-0.1, -0.05) is 0 Å². The van der Waals surface area contributed by atoms with Crippen molar-refractivity contribution in [1.29, 1.82) is 0 Å². The summed E-state index contributed by atoms with van der Waals surface area (Å²) in [5.41, 5.74) is 7.13. The molecular weight excluding hydrogens is 234 g/mol. The molecule has 0 aliphatic heterocycles. The molecule has 0 aromatic carbocycles. The van der Waals surface area contributed by atoms with E-state index in [1.807, 2.05) is 0 Å². The summed E-state index contributed by atoms with van der Waals surface area (Å²) in [4.78, 5) is 3.91. The van der Waals surface area contributed by atoms with Crippen LogP contribution in [-0.4, -0.2) is 23.2 Å². The Morgan fingerprint density at radius 2 is 2.31 bits per heavy atom. The van der Waals surface area contributed by atoms with Crippen molar-refractivity contribution in [3.05, 3.63) is 16.9 Å². The van der Waals surface area contributed by atoms with Crippen LogP contribution in [0.15, 0.2) is 16.9 Å². The van der Waals surface area contributed by atoms with E-state index in [4.69, 9.17) is 10.8 Å². The average molecular weight is 246 g/mol. The molecule has 0 saturated carbocycles. The van der Waals surface area contributed by atoms with Gasteiger partial charge in [-0.25, -0.2) is 0 Å². The molecular formula is C8H12BrN3O. The molecule has 1 rings (SSSR count). The monoisotopic (exact) mass is 245 g/mol. The Morgan fingerprint density at radius 1 is 1.54 bits per heavy atom. The van der Waals surface area contributed by atoms with Gasteiger partial charge in [0.25, 0.3) is 0 Å². The fraction of sp³-hybridized carbons (Fsp3) is 0.375. The van der Waals surface area contributed by atoms with Crippen LogP contribution in [0.25, 0.3) is 0 Å². The highest BCUT2D eigenvalue weighted by Gasteiger charge is 2.02. The summed E-state index contributed by atoms with van der Waals surface area (Å²) in [6.45, 7) is 0.874. The molecule has 0 aliphatic rings. The molecule has 0 bridgehead atoms. The van der Waals surface area contributed by atoms with E-state index in [1.54, 1.807) is 12.4 Å². The number of halogens is 1. The van der Waals surface area contributed by atoms with Crippen LogP contribution >= 0.6 is 15.9 Å². The molecule has 1 aromatic rings. The lowest BCUT2D eigenvalue weighted by Gasteiger charge is -2.09. The van der Waals surface area contributed by atoms with E-state index in [9.17, 15) is 0 Å². The predicted octanol–water partition coefficient (Wildman–Crippen LogP) is 1.22. The van der Waals surface area contributed by atoms with Crippen molar-refractivity contribution in [2.24, 2.45) is 0 Å². The zero-order chi connectivity index (χ0) is 9.68. The van der Waals surface area contributed by atoms with Crippen molar-refractivity contribution in [1.82, 2.24) is 4.98 Å². The first-order chi connectivity index (χ1) is 6.25. The average Bonchev–Trinajstić information content (AvgIpc) is 2.10. The normalized spacial score (nSPS) is 10.0. The Morgan fingerprint density at radius 3 is 2.92 bits per heavy atom. The molecule has 0 atom stereocenters. The number of nitrogen functional groups attached to an aromatic ring is 1. The van der Waals surface area contributed by atoms with Gasteiger partial charge < -0.3 is 16.2 Å².